The first-order valence-electron chi connectivity index (χ1n) is 3.73. The van der Waals surface area contributed by atoms with Crippen LogP contribution in [0.1, 0.15) is 13.8 Å². The highest BCUT2D eigenvalue weighted by Crippen LogP contribution is 2.07. The molecule has 1 aliphatic rings. The topological polar surface area (TPSA) is 19.9 Å². The maximum Gasteiger partial charge on any atom is 0.132 e. The van der Waals surface area contributed by atoms with Gasteiger partial charge in [0.15, 0.2) is 0 Å². The number of nitrogens with two attached hydrogens (primary N) is 1. The molecule has 2 N–H and O–H groups in total. The molecule has 2 nitrogen and oxygen atoms in total. The second-order valence-electron chi connectivity index (χ2n) is 3.28. The van der Waals surface area contributed by atoms with Crippen molar-refractivity contribution in [2.75, 3.05) is 20.3 Å². The first-order valence-corrected chi connectivity index (χ1v) is 3.73. The first-order chi connectivity index (χ1) is 4.22. The number of quaternary nitrogens is 1. The Morgan fingerprint density at radius 2 is 2.22 bits per heavy atom. The lowest BCUT2D eigenvalue weighted by atomic mass is 10.1. The zero-order valence-corrected chi connectivity index (χ0v) is 6.59. The van der Waals surface area contributed by atoms with Gasteiger partial charge >= 0.3 is 0 Å². The predicted molar refractivity (Wildman–Crippen MR) is 38.0 cm³/mol. The zero-order chi connectivity index (χ0) is 6.85. The van der Waals surface area contributed by atoms with Gasteiger partial charge in [-0.2, -0.15) is 0 Å². The summed E-state index contributed by atoms with van der Waals surface area (Å²) in [6.07, 6.45) is 0. The molecule has 0 bridgehead atoms. The second kappa shape index (κ2) is 2.67. The third-order valence-corrected chi connectivity index (χ3v) is 2.16. The highest BCUT2D eigenvalue weighted by molar-refractivity contribution is 4.71. The highest BCUT2D eigenvalue weighted by atomic mass is 15.3. The van der Waals surface area contributed by atoms with E-state index < -0.39 is 0 Å². The summed E-state index contributed by atoms with van der Waals surface area (Å²) < 4.78 is 0. The van der Waals surface area contributed by atoms with E-state index in [4.69, 9.17) is 0 Å². The molecule has 0 aromatic heterocycles. The maximum atomic E-state index is 2.42. The van der Waals surface area contributed by atoms with Crippen LogP contribution in [-0.2, 0) is 0 Å². The minimum Gasteiger partial charge on any atom is -0.332 e. The van der Waals surface area contributed by atoms with Crippen molar-refractivity contribution in [3.63, 3.8) is 0 Å². The maximum absolute atomic E-state index is 2.42. The van der Waals surface area contributed by atoms with Crippen LogP contribution in [0.25, 0.3) is 0 Å². The second-order valence-corrected chi connectivity index (χ2v) is 3.28. The fourth-order valence-electron chi connectivity index (χ4n) is 1.55. The van der Waals surface area contributed by atoms with Crippen LogP contribution >= 0.6 is 0 Å². The summed E-state index contributed by atoms with van der Waals surface area (Å²) >= 11 is 0. The molecule has 1 rings (SSSR count). The lowest BCUT2D eigenvalue weighted by Crippen LogP contribution is -2.82. The van der Waals surface area contributed by atoms with Gasteiger partial charge in [-0.05, 0) is 13.0 Å². The molecule has 1 heterocycles. The smallest absolute Gasteiger partial charge is 0.132 e. The number of rotatable bonds is 1. The Kier molecular flexibility index (Phi) is 2.09. The molecule has 1 fully saturated rings. The average Bonchev–Trinajstić information content (AvgIpc) is 2.13. The SMILES string of the molecule is CC(C)C1C[NH2+]CN1C. The summed E-state index contributed by atoms with van der Waals surface area (Å²) in [5.41, 5.74) is 0. The van der Waals surface area contributed by atoms with Gasteiger partial charge in [0.1, 0.15) is 6.67 Å². The van der Waals surface area contributed by atoms with E-state index in [0.29, 0.717) is 0 Å². The molecule has 1 saturated heterocycles. The summed E-state index contributed by atoms with van der Waals surface area (Å²) in [6.45, 7) is 7.05. The third-order valence-electron chi connectivity index (χ3n) is 2.16. The normalized spacial score (nSPS) is 30.0. The first kappa shape index (κ1) is 7.03. The van der Waals surface area contributed by atoms with Crippen molar-refractivity contribution in [1.29, 1.82) is 0 Å². The van der Waals surface area contributed by atoms with Gasteiger partial charge in [0.05, 0.1) is 12.6 Å². The minimum atomic E-state index is 0.810. The molecule has 0 spiro atoms. The summed E-state index contributed by atoms with van der Waals surface area (Å²) in [7, 11) is 2.20. The monoisotopic (exact) mass is 129 g/mol. The highest BCUT2D eigenvalue weighted by Gasteiger charge is 2.26. The van der Waals surface area contributed by atoms with E-state index in [1.807, 2.05) is 0 Å². The van der Waals surface area contributed by atoms with Crippen molar-refractivity contribution in [2.24, 2.45) is 5.92 Å². The van der Waals surface area contributed by atoms with E-state index in [1.54, 1.807) is 0 Å². The van der Waals surface area contributed by atoms with E-state index in [9.17, 15) is 0 Å². The molecule has 1 aliphatic heterocycles. The fraction of sp³-hybridized carbons (Fsp3) is 1.00. The quantitative estimate of drug-likeness (QED) is 0.505. The van der Waals surface area contributed by atoms with Gasteiger partial charge in [-0.15, -0.1) is 0 Å². The molecule has 0 aromatic rings. The molecule has 0 aliphatic carbocycles. The van der Waals surface area contributed by atoms with Gasteiger partial charge in [-0.1, -0.05) is 13.8 Å². The van der Waals surface area contributed by atoms with Crippen LogP contribution in [0.5, 0.6) is 0 Å². The average molecular weight is 129 g/mol. The minimum absolute atomic E-state index is 0.810. The van der Waals surface area contributed by atoms with Crippen molar-refractivity contribution in [2.45, 2.75) is 19.9 Å². The summed E-state index contributed by atoms with van der Waals surface area (Å²) in [5, 5.41) is 2.37. The molecule has 54 valence electrons. The van der Waals surface area contributed by atoms with E-state index >= 15 is 0 Å². The lowest BCUT2D eigenvalue weighted by molar-refractivity contribution is -0.643. The van der Waals surface area contributed by atoms with Crippen molar-refractivity contribution in [3.05, 3.63) is 0 Å². The Morgan fingerprint density at radius 3 is 2.44 bits per heavy atom. The molecule has 0 radical (unpaired) electrons. The Labute approximate surface area is 57.2 Å². The largest absolute Gasteiger partial charge is 0.332 e. The Balaban J connectivity index is 2.40. The number of likely N-dealkylation sites (N-methyl/N-ethyl adjacent to an activating group) is 1. The molecular weight excluding hydrogens is 112 g/mol. The van der Waals surface area contributed by atoms with Crippen LogP contribution in [0.2, 0.25) is 0 Å². The standard InChI is InChI=1S/C7H16N2/c1-6(2)7-4-8-5-9(7)3/h6-8H,4-5H2,1-3H3/p+1. The van der Waals surface area contributed by atoms with Crippen LogP contribution in [0, 0.1) is 5.92 Å². The van der Waals surface area contributed by atoms with Crippen molar-refractivity contribution >= 4 is 0 Å². The van der Waals surface area contributed by atoms with E-state index in [2.05, 4.69) is 31.1 Å². The zero-order valence-electron chi connectivity index (χ0n) is 6.59. The van der Waals surface area contributed by atoms with E-state index in [0.717, 1.165) is 12.0 Å². The van der Waals surface area contributed by atoms with Gasteiger partial charge < -0.3 is 5.32 Å². The number of hydrogen-bond acceptors (Lipinski definition) is 1. The summed E-state index contributed by atoms with van der Waals surface area (Å²) in [4.78, 5) is 2.42. The van der Waals surface area contributed by atoms with Crippen molar-refractivity contribution < 1.29 is 5.32 Å². The van der Waals surface area contributed by atoms with Crippen LogP contribution in [0.4, 0.5) is 0 Å². The molecule has 9 heavy (non-hydrogen) atoms. The van der Waals surface area contributed by atoms with Crippen molar-refractivity contribution in [1.82, 2.24) is 4.90 Å². The third kappa shape index (κ3) is 1.43. The van der Waals surface area contributed by atoms with Crippen LogP contribution in [-0.4, -0.2) is 31.2 Å². The van der Waals surface area contributed by atoms with Gasteiger partial charge in [0, 0.05) is 0 Å². The fourth-order valence-corrected chi connectivity index (χ4v) is 1.55. The number of nitrogens with zero attached hydrogens (tertiary/aromatic N) is 1. The molecule has 2 heteroatoms. The van der Waals surface area contributed by atoms with Gasteiger partial charge in [0.25, 0.3) is 0 Å². The lowest BCUT2D eigenvalue weighted by Gasteiger charge is -2.17. The van der Waals surface area contributed by atoms with Crippen molar-refractivity contribution in [3.8, 4) is 0 Å². The Morgan fingerprint density at radius 1 is 1.56 bits per heavy atom. The van der Waals surface area contributed by atoms with Crippen LogP contribution in [0.15, 0.2) is 0 Å². The molecule has 1 unspecified atom stereocenters. The molecular formula is C7H17N2+. The summed E-state index contributed by atoms with van der Waals surface area (Å²) in [5.74, 6) is 0.814. The van der Waals surface area contributed by atoms with Crippen LogP contribution < -0.4 is 5.32 Å². The number of hydrogen-bond donors (Lipinski definition) is 1. The molecule has 0 aromatic carbocycles. The van der Waals surface area contributed by atoms with E-state index in [-0.39, 0.29) is 0 Å². The molecule has 0 amide bonds. The van der Waals surface area contributed by atoms with Gasteiger partial charge in [-0.25, -0.2) is 0 Å². The summed E-state index contributed by atoms with van der Waals surface area (Å²) in [6, 6.07) is 0.810. The van der Waals surface area contributed by atoms with E-state index in [1.165, 1.54) is 13.2 Å². The Bertz CT molecular complexity index is 90.9. The predicted octanol–water partition coefficient (Wildman–Crippen LogP) is -0.523. The van der Waals surface area contributed by atoms with Gasteiger partial charge in [0.2, 0.25) is 0 Å². The molecule has 0 saturated carbocycles. The van der Waals surface area contributed by atoms with Gasteiger partial charge in [-0.3, -0.25) is 4.90 Å². The molecule has 1 atom stereocenters. The van der Waals surface area contributed by atoms with Crippen LogP contribution in [0.3, 0.4) is 0 Å². The Hall–Kier alpha value is -0.0800.